The van der Waals surface area contributed by atoms with Gasteiger partial charge in [-0.15, -0.1) is 5.10 Å². The summed E-state index contributed by atoms with van der Waals surface area (Å²) in [5.41, 5.74) is 5.01. The highest BCUT2D eigenvalue weighted by molar-refractivity contribution is 6.02. The Balaban J connectivity index is 1.48. The van der Waals surface area contributed by atoms with Gasteiger partial charge in [0.2, 0.25) is 5.89 Å². The number of aryl methyl sites for hydroxylation is 2. The molecule has 0 radical (unpaired) electrons. The predicted molar refractivity (Wildman–Crippen MR) is 101 cm³/mol. The van der Waals surface area contributed by atoms with E-state index in [1.165, 1.54) is 11.8 Å². The lowest BCUT2D eigenvalue weighted by molar-refractivity contribution is 0.101. The maximum atomic E-state index is 12.4. The maximum absolute atomic E-state index is 12.4. The Morgan fingerprint density at radius 2 is 1.89 bits per heavy atom. The Labute approximate surface area is 155 Å². The number of carbonyl (C=O) groups excluding carboxylic acids is 1. The van der Waals surface area contributed by atoms with Gasteiger partial charge < -0.3 is 4.42 Å². The van der Waals surface area contributed by atoms with Crippen LogP contribution in [0.1, 0.15) is 33.1 Å². The van der Waals surface area contributed by atoms with Crippen LogP contribution < -0.4 is 5.32 Å². The summed E-state index contributed by atoms with van der Waals surface area (Å²) < 4.78 is 5.55. The van der Waals surface area contributed by atoms with Crippen molar-refractivity contribution in [2.45, 2.75) is 20.3 Å². The summed E-state index contributed by atoms with van der Waals surface area (Å²) in [6.45, 7) is 4.09. The van der Waals surface area contributed by atoms with Gasteiger partial charge >= 0.3 is 6.01 Å². The van der Waals surface area contributed by atoms with Crippen LogP contribution in [0.4, 0.5) is 6.01 Å². The molecule has 4 rings (SSSR count). The van der Waals surface area contributed by atoms with Gasteiger partial charge in [0, 0.05) is 0 Å². The molecule has 2 aromatic carbocycles. The lowest BCUT2D eigenvalue weighted by Gasteiger charge is -2.04. The quantitative estimate of drug-likeness (QED) is 0.599. The summed E-state index contributed by atoms with van der Waals surface area (Å²) in [4.78, 5) is 20.9. The van der Waals surface area contributed by atoms with Crippen molar-refractivity contribution in [3.05, 3.63) is 76.9 Å². The van der Waals surface area contributed by atoms with Crippen LogP contribution in [0.25, 0.3) is 11.0 Å². The van der Waals surface area contributed by atoms with Crippen molar-refractivity contribution in [1.29, 1.82) is 0 Å². The highest BCUT2D eigenvalue weighted by Crippen LogP contribution is 2.17. The van der Waals surface area contributed by atoms with E-state index in [-0.39, 0.29) is 11.7 Å². The molecule has 0 aliphatic carbocycles. The molecule has 0 unspecified atom stereocenters. The zero-order valence-electron chi connectivity index (χ0n) is 14.9. The number of para-hydroxylation sites is 2. The number of hydrogen-bond acceptors (Lipinski definition) is 6. The number of nitrogens with zero attached hydrogens (tertiary/aromatic N) is 4. The van der Waals surface area contributed by atoms with E-state index in [0.717, 1.165) is 16.6 Å². The Morgan fingerprint density at radius 3 is 2.70 bits per heavy atom. The predicted octanol–water partition coefficient (Wildman–Crippen LogP) is 3.47. The molecule has 0 aliphatic rings. The maximum Gasteiger partial charge on any atom is 0.322 e. The van der Waals surface area contributed by atoms with Crippen molar-refractivity contribution < 1.29 is 9.21 Å². The van der Waals surface area contributed by atoms with Crippen molar-refractivity contribution in [1.82, 2.24) is 20.2 Å². The fourth-order valence-electron chi connectivity index (χ4n) is 2.81. The summed E-state index contributed by atoms with van der Waals surface area (Å²) in [7, 11) is 0. The third kappa shape index (κ3) is 3.67. The van der Waals surface area contributed by atoms with E-state index in [1.54, 1.807) is 6.07 Å². The lowest BCUT2D eigenvalue weighted by Crippen LogP contribution is -2.14. The average Bonchev–Trinajstić information content (AvgIpc) is 3.10. The molecule has 0 spiro atoms. The summed E-state index contributed by atoms with van der Waals surface area (Å²) >= 11 is 0. The van der Waals surface area contributed by atoms with Crippen LogP contribution in [0.5, 0.6) is 0 Å². The smallest absolute Gasteiger partial charge is 0.322 e. The number of benzene rings is 2. The molecule has 2 aromatic heterocycles. The lowest BCUT2D eigenvalue weighted by atomic mass is 10.0. The molecule has 134 valence electrons. The Hall–Kier alpha value is -3.61. The van der Waals surface area contributed by atoms with Gasteiger partial charge in [0.05, 0.1) is 23.7 Å². The monoisotopic (exact) mass is 359 g/mol. The summed E-state index contributed by atoms with van der Waals surface area (Å²) in [5, 5.41) is 10.5. The zero-order chi connectivity index (χ0) is 18.8. The van der Waals surface area contributed by atoms with Crippen molar-refractivity contribution >= 4 is 23.0 Å². The van der Waals surface area contributed by atoms with Gasteiger partial charge in [-0.2, -0.15) is 0 Å². The highest BCUT2D eigenvalue weighted by Gasteiger charge is 2.14. The first-order chi connectivity index (χ1) is 13.1. The number of rotatable bonds is 4. The van der Waals surface area contributed by atoms with E-state index in [9.17, 15) is 4.79 Å². The van der Waals surface area contributed by atoms with Crippen molar-refractivity contribution in [2.24, 2.45) is 0 Å². The first-order valence-corrected chi connectivity index (χ1v) is 8.50. The third-order valence-electron chi connectivity index (χ3n) is 4.21. The van der Waals surface area contributed by atoms with Crippen LogP contribution in [-0.4, -0.2) is 26.1 Å². The molecule has 2 heterocycles. The Kier molecular flexibility index (Phi) is 4.33. The standard InChI is InChI=1S/C20H17N5O2/c1-12-7-8-14(13(2)9-12)10-18-24-25-20(27-18)23-19(26)17-11-21-15-5-3-4-6-16(15)22-17/h3-9,11H,10H2,1-2H3,(H,23,25,26). The molecule has 0 saturated carbocycles. The molecular formula is C20H17N5O2. The first kappa shape index (κ1) is 16.8. The summed E-state index contributed by atoms with van der Waals surface area (Å²) in [6, 6.07) is 13.6. The second-order valence-corrected chi connectivity index (χ2v) is 6.31. The van der Waals surface area contributed by atoms with Crippen LogP contribution in [0.3, 0.4) is 0 Å². The van der Waals surface area contributed by atoms with Gasteiger partial charge in [0.15, 0.2) is 0 Å². The second kappa shape index (κ2) is 6.95. The minimum Gasteiger partial charge on any atom is -0.407 e. The van der Waals surface area contributed by atoms with E-state index in [1.807, 2.05) is 44.2 Å². The average molecular weight is 359 g/mol. The molecule has 0 bridgehead atoms. The fraction of sp³-hybridized carbons (Fsp3) is 0.150. The number of nitrogens with one attached hydrogen (secondary N) is 1. The minimum absolute atomic E-state index is 0.0368. The molecule has 0 saturated heterocycles. The summed E-state index contributed by atoms with van der Waals surface area (Å²) in [5.74, 6) is -0.0168. The van der Waals surface area contributed by atoms with Gasteiger partial charge in [-0.25, -0.2) is 4.98 Å². The zero-order valence-corrected chi connectivity index (χ0v) is 14.9. The highest BCUT2D eigenvalue weighted by atomic mass is 16.4. The van der Waals surface area contributed by atoms with E-state index in [4.69, 9.17) is 4.42 Å². The molecule has 27 heavy (non-hydrogen) atoms. The van der Waals surface area contributed by atoms with Crippen LogP contribution in [0.15, 0.2) is 53.1 Å². The second-order valence-electron chi connectivity index (χ2n) is 6.31. The number of fused-ring (bicyclic) bond motifs is 1. The van der Waals surface area contributed by atoms with E-state index >= 15 is 0 Å². The van der Waals surface area contributed by atoms with E-state index < -0.39 is 5.91 Å². The number of carbonyl (C=O) groups is 1. The summed E-state index contributed by atoms with van der Waals surface area (Å²) in [6.07, 6.45) is 1.93. The largest absolute Gasteiger partial charge is 0.407 e. The number of aromatic nitrogens is 4. The fourth-order valence-corrected chi connectivity index (χ4v) is 2.81. The van der Waals surface area contributed by atoms with Crippen LogP contribution in [0.2, 0.25) is 0 Å². The van der Waals surface area contributed by atoms with Crippen molar-refractivity contribution in [3.8, 4) is 0 Å². The molecule has 1 amide bonds. The minimum atomic E-state index is -0.449. The SMILES string of the molecule is Cc1ccc(Cc2nnc(NC(=O)c3cnc4ccccc4n3)o2)c(C)c1. The first-order valence-electron chi connectivity index (χ1n) is 8.50. The van der Waals surface area contributed by atoms with E-state index in [2.05, 4.69) is 31.5 Å². The molecule has 0 atom stereocenters. The molecular weight excluding hydrogens is 342 g/mol. The Bertz CT molecular complexity index is 1140. The molecule has 0 aliphatic heterocycles. The van der Waals surface area contributed by atoms with Gasteiger partial charge in [0.1, 0.15) is 5.69 Å². The van der Waals surface area contributed by atoms with Gasteiger partial charge in [-0.3, -0.25) is 15.1 Å². The van der Waals surface area contributed by atoms with E-state index in [0.29, 0.717) is 17.8 Å². The van der Waals surface area contributed by atoms with Gasteiger partial charge in [-0.1, -0.05) is 41.0 Å². The molecule has 0 fully saturated rings. The molecule has 4 aromatic rings. The molecule has 7 heteroatoms. The number of anilines is 1. The van der Waals surface area contributed by atoms with Crippen molar-refractivity contribution in [3.63, 3.8) is 0 Å². The number of amides is 1. The third-order valence-corrected chi connectivity index (χ3v) is 4.21. The van der Waals surface area contributed by atoms with Gasteiger partial charge in [0.25, 0.3) is 5.91 Å². The van der Waals surface area contributed by atoms with Gasteiger partial charge in [-0.05, 0) is 37.1 Å². The number of hydrogen-bond donors (Lipinski definition) is 1. The molecule has 7 nitrogen and oxygen atoms in total. The van der Waals surface area contributed by atoms with Crippen molar-refractivity contribution in [2.75, 3.05) is 5.32 Å². The normalized spacial score (nSPS) is 10.9. The van der Waals surface area contributed by atoms with Crippen LogP contribution >= 0.6 is 0 Å². The van der Waals surface area contributed by atoms with Crippen LogP contribution in [0, 0.1) is 13.8 Å². The topological polar surface area (TPSA) is 93.8 Å². The Morgan fingerprint density at radius 1 is 1.07 bits per heavy atom. The van der Waals surface area contributed by atoms with Crippen LogP contribution in [-0.2, 0) is 6.42 Å². The molecule has 1 N–H and O–H groups in total.